The Kier molecular flexibility index (Phi) is 3.57. The normalized spacial score (nSPS) is 16.7. The number of thiophene rings is 1. The Hall–Kier alpha value is -2.41. The van der Waals surface area contributed by atoms with Gasteiger partial charge in [-0.1, -0.05) is 29.5 Å². The molecule has 1 N–H and O–H groups in total. The summed E-state index contributed by atoms with van der Waals surface area (Å²) in [6.45, 7) is 0.534. The van der Waals surface area contributed by atoms with Gasteiger partial charge in [-0.3, -0.25) is 14.9 Å². The molecule has 3 rings (SSSR count). The lowest BCUT2D eigenvalue weighted by molar-refractivity contribution is -0.380. The van der Waals surface area contributed by atoms with Crippen molar-refractivity contribution < 1.29 is 14.5 Å². The van der Waals surface area contributed by atoms with E-state index in [1.54, 1.807) is 0 Å². The second kappa shape index (κ2) is 5.53. The third-order valence-corrected chi connectivity index (χ3v) is 4.30. The minimum atomic E-state index is -0.495. The molecular weight excluding hydrogens is 292 g/mol. The van der Waals surface area contributed by atoms with Gasteiger partial charge in [-0.15, -0.1) is 0 Å². The SMILES string of the molecule is O=C(NC1CCOc2ccccc21)c1ccc([N+](=O)[O-])s1. The van der Waals surface area contributed by atoms with Crippen molar-refractivity contribution in [3.63, 3.8) is 0 Å². The smallest absolute Gasteiger partial charge is 0.324 e. The molecule has 0 radical (unpaired) electrons. The first kappa shape index (κ1) is 13.6. The van der Waals surface area contributed by atoms with Gasteiger partial charge in [0, 0.05) is 18.1 Å². The number of nitro groups is 1. The zero-order chi connectivity index (χ0) is 14.8. The number of carbonyl (C=O) groups excluding carboxylic acids is 1. The van der Waals surface area contributed by atoms with Crippen LogP contribution in [0.25, 0.3) is 0 Å². The third kappa shape index (κ3) is 2.73. The Labute approximate surface area is 124 Å². The van der Waals surface area contributed by atoms with Crippen molar-refractivity contribution in [3.8, 4) is 5.75 Å². The van der Waals surface area contributed by atoms with E-state index in [1.165, 1.54) is 12.1 Å². The van der Waals surface area contributed by atoms with Gasteiger partial charge in [-0.05, 0) is 12.1 Å². The fraction of sp³-hybridized carbons (Fsp3) is 0.214. The molecule has 1 aromatic heterocycles. The molecule has 0 saturated carbocycles. The zero-order valence-electron chi connectivity index (χ0n) is 10.9. The molecule has 0 fully saturated rings. The quantitative estimate of drug-likeness (QED) is 0.698. The number of nitrogens with zero attached hydrogens (tertiary/aromatic N) is 1. The summed E-state index contributed by atoms with van der Waals surface area (Å²) in [5.41, 5.74) is 0.933. The van der Waals surface area contributed by atoms with Crippen molar-refractivity contribution in [1.29, 1.82) is 0 Å². The van der Waals surface area contributed by atoms with Gasteiger partial charge in [0.1, 0.15) is 5.75 Å². The number of fused-ring (bicyclic) bond motifs is 1. The predicted octanol–water partition coefficient (Wildman–Crippen LogP) is 2.91. The fourth-order valence-electron chi connectivity index (χ4n) is 2.27. The van der Waals surface area contributed by atoms with Crippen molar-refractivity contribution in [2.24, 2.45) is 0 Å². The number of benzene rings is 1. The molecular formula is C14H12N2O4S. The minimum absolute atomic E-state index is 0.0347. The van der Waals surface area contributed by atoms with E-state index in [1.807, 2.05) is 24.3 Å². The maximum absolute atomic E-state index is 12.2. The van der Waals surface area contributed by atoms with E-state index in [0.29, 0.717) is 17.9 Å². The van der Waals surface area contributed by atoms with Crippen LogP contribution < -0.4 is 10.1 Å². The van der Waals surface area contributed by atoms with Gasteiger partial charge < -0.3 is 10.1 Å². The highest BCUT2D eigenvalue weighted by molar-refractivity contribution is 7.17. The summed E-state index contributed by atoms with van der Waals surface area (Å²) >= 11 is 0.877. The lowest BCUT2D eigenvalue weighted by atomic mass is 10.0. The van der Waals surface area contributed by atoms with Crippen LogP contribution in [0.5, 0.6) is 5.75 Å². The number of amides is 1. The summed E-state index contributed by atoms with van der Waals surface area (Å²) in [5, 5.41) is 13.5. The Balaban J connectivity index is 1.77. The first-order valence-corrected chi connectivity index (χ1v) is 7.23. The Morgan fingerprint density at radius 2 is 2.14 bits per heavy atom. The van der Waals surface area contributed by atoms with E-state index in [-0.39, 0.29) is 17.0 Å². The van der Waals surface area contributed by atoms with Gasteiger partial charge in [0.25, 0.3) is 5.91 Å². The molecule has 1 amide bonds. The predicted molar refractivity (Wildman–Crippen MR) is 77.7 cm³/mol. The summed E-state index contributed by atoms with van der Waals surface area (Å²) < 4.78 is 5.54. The van der Waals surface area contributed by atoms with Crippen LogP contribution in [0, 0.1) is 10.1 Å². The molecule has 2 aromatic rings. The van der Waals surface area contributed by atoms with E-state index >= 15 is 0 Å². The molecule has 0 aliphatic carbocycles. The van der Waals surface area contributed by atoms with E-state index in [9.17, 15) is 14.9 Å². The topological polar surface area (TPSA) is 81.5 Å². The van der Waals surface area contributed by atoms with Crippen LogP contribution in [0.3, 0.4) is 0 Å². The van der Waals surface area contributed by atoms with Gasteiger partial charge in [0.2, 0.25) is 0 Å². The molecule has 6 nitrogen and oxygen atoms in total. The number of ether oxygens (including phenoxy) is 1. The first-order chi connectivity index (χ1) is 10.1. The number of para-hydroxylation sites is 1. The molecule has 1 atom stereocenters. The molecule has 2 heterocycles. The van der Waals surface area contributed by atoms with Crippen molar-refractivity contribution in [3.05, 3.63) is 57.0 Å². The van der Waals surface area contributed by atoms with Gasteiger partial charge in [-0.25, -0.2) is 0 Å². The van der Waals surface area contributed by atoms with E-state index in [4.69, 9.17) is 4.74 Å². The van der Waals surface area contributed by atoms with Crippen LogP contribution in [-0.4, -0.2) is 17.4 Å². The summed E-state index contributed by atoms with van der Waals surface area (Å²) in [7, 11) is 0. The molecule has 1 aliphatic rings. The second-order valence-electron chi connectivity index (χ2n) is 4.60. The van der Waals surface area contributed by atoms with Crippen molar-refractivity contribution in [2.75, 3.05) is 6.61 Å². The Morgan fingerprint density at radius 1 is 1.33 bits per heavy atom. The minimum Gasteiger partial charge on any atom is -0.493 e. The average molecular weight is 304 g/mol. The fourth-order valence-corrected chi connectivity index (χ4v) is 2.99. The molecule has 1 aromatic carbocycles. The van der Waals surface area contributed by atoms with E-state index < -0.39 is 4.92 Å². The highest BCUT2D eigenvalue weighted by Crippen LogP contribution is 2.32. The molecule has 7 heteroatoms. The first-order valence-electron chi connectivity index (χ1n) is 6.42. The van der Waals surface area contributed by atoms with E-state index in [2.05, 4.69) is 5.32 Å². The molecule has 108 valence electrons. The standard InChI is InChI=1S/C14H12N2O4S/c17-14(12-5-6-13(21-12)16(18)19)15-10-7-8-20-11-4-2-1-3-9(10)11/h1-6,10H,7-8H2,(H,15,17). The maximum atomic E-state index is 12.2. The molecule has 0 saturated heterocycles. The van der Waals surface area contributed by atoms with Crippen LogP contribution in [0.1, 0.15) is 27.7 Å². The van der Waals surface area contributed by atoms with Gasteiger partial charge in [-0.2, -0.15) is 0 Å². The molecule has 21 heavy (non-hydrogen) atoms. The number of hydrogen-bond donors (Lipinski definition) is 1. The number of rotatable bonds is 3. The summed E-state index contributed by atoms with van der Waals surface area (Å²) in [4.78, 5) is 22.7. The van der Waals surface area contributed by atoms with Crippen molar-refractivity contribution in [2.45, 2.75) is 12.5 Å². The van der Waals surface area contributed by atoms with Gasteiger partial charge >= 0.3 is 5.00 Å². The second-order valence-corrected chi connectivity index (χ2v) is 5.66. The lowest BCUT2D eigenvalue weighted by Crippen LogP contribution is -2.31. The molecule has 0 bridgehead atoms. The van der Waals surface area contributed by atoms with Crippen molar-refractivity contribution >= 4 is 22.2 Å². The lowest BCUT2D eigenvalue weighted by Gasteiger charge is -2.26. The zero-order valence-corrected chi connectivity index (χ0v) is 11.8. The Morgan fingerprint density at radius 3 is 2.90 bits per heavy atom. The monoisotopic (exact) mass is 304 g/mol. The maximum Gasteiger partial charge on any atom is 0.324 e. The highest BCUT2D eigenvalue weighted by Gasteiger charge is 2.24. The third-order valence-electron chi connectivity index (χ3n) is 3.26. The van der Waals surface area contributed by atoms with Crippen LogP contribution in [0.4, 0.5) is 5.00 Å². The van der Waals surface area contributed by atoms with Crippen LogP contribution >= 0.6 is 11.3 Å². The van der Waals surface area contributed by atoms with Crippen molar-refractivity contribution in [1.82, 2.24) is 5.32 Å². The summed E-state index contributed by atoms with van der Waals surface area (Å²) in [5.74, 6) is 0.473. The summed E-state index contributed by atoms with van der Waals surface area (Å²) in [6, 6.07) is 10.2. The number of carbonyl (C=O) groups is 1. The molecule has 0 spiro atoms. The molecule has 1 unspecified atom stereocenters. The Bertz CT molecular complexity index is 698. The average Bonchev–Trinajstić information content (AvgIpc) is 2.98. The van der Waals surface area contributed by atoms with Gasteiger partial charge in [0.15, 0.2) is 0 Å². The largest absolute Gasteiger partial charge is 0.493 e. The summed E-state index contributed by atoms with van der Waals surface area (Å²) in [6.07, 6.45) is 0.677. The van der Waals surface area contributed by atoms with Crippen LogP contribution in [-0.2, 0) is 0 Å². The number of hydrogen-bond acceptors (Lipinski definition) is 5. The highest BCUT2D eigenvalue weighted by atomic mass is 32.1. The molecule has 1 aliphatic heterocycles. The van der Waals surface area contributed by atoms with E-state index in [0.717, 1.165) is 22.6 Å². The van der Waals surface area contributed by atoms with Gasteiger partial charge in [0.05, 0.1) is 22.4 Å². The van der Waals surface area contributed by atoms with Crippen LogP contribution in [0.2, 0.25) is 0 Å². The van der Waals surface area contributed by atoms with Crippen LogP contribution in [0.15, 0.2) is 36.4 Å². The number of nitrogens with one attached hydrogen (secondary N) is 1.